The second-order valence-corrected chi connectivity index (χ2v) is 4.22. The molecule has 0 saturated carbocycles. The molecular weight excluding hydrogens is 244 g/mol. The fraction of sp³-hybridized carbons (Fsp3) is 0.286. The van der Waals surface area contributed by atoms with E-state index in [0.717, 1.165) is 17.8 Å². The van der Waals surface area contributed by atoms with Crippen molar-refractivity contribution in [1.82, 2.24) is 9.78 Å². The van der Waals surface area contributed by atoms with Crippen LogP contribution in [0.15, 0.2) is 30.3 Å². The summed E-state index contributed by atoms with van der Waals surface area (Å²) in [6.45, 7) is 2.47. The van der Waals surface area contributed by atoms with Gasteiger partial charge in [0, 0.05) is 7.05 Å². The summed E-state index contributed by atoms with van der Waals surface area (Å²) in [5.41, 5.74) is 2.27. The maximum absolute atomic E-state index is 10.7. The highest BCUT2D eigenvalue weighted by molar-refractivity contribution is 5.87. The molecule has 0 fully saturated rings. The summed E-state index contributed by atoms with van der Waals surface area (Å²) in [5.74, 6) is -0.296. The van der Waals surface area contributed by atoms with E-state index in [0.29, 0.717) is 12.4 Å². The van der Waals surface area contributed by atoms with Gasteiger partial charge in [0.1, 0.15) is 12.4 Å². The highest BCUT2D eigenvalue weighted by Crippen LogP contribution is 2.14. The Balaban J connectivity index is 2.01. The first kappa shape index (κ1) is 13.1. The number of hydrogen-bond donors (Lipinski definition) is 1. The van der Waals surface area contributed by atoms with Crippen molar-refractivity contribution in [3.05, 3.63) is 47.3 Å². The van der Waals surface area contributed by atoms with Gasteiger partial charge in [0.25, 0.3) is 0 Å². The Morgan fingerprint density at radius 3 is 2.58 bits per heavy atom. The van der Waals surface area contributed by atoms with Gasteiger partial charge in [-0.3, -0.25) is 4.68 Å². The Labute approximate surface area is 111 Å². The lowest BCUT2D eigenvalue weighted by atomic mass is 10.2. The maximum atomic E-state index is 10.7. The topological polar surface area (TPSA) is 64.3 Å². The number of aromatic carboxylic acids is 1. The highest BCUT2D eigenvalue weighted by atomic mass is 16.5. The van der Waals surface area contributed by atoms with Crippen molar-refractivity contribution in [3.63, 3.8) is 0 Å². The number of nitrogens with zero attached hydrogens (tertiary/aromatic N) is 2. The third kappa shape index (κ3) is 3.13. The predicted octanol–water partition coefficient (Wildman–Crippen LogP) is 2.26. The van der Waals surface area contributed by atoms with Crippen LogP contribution in [0.1, 0.15) is 28.7 Å². The molecule has 19 heavy (non-hydrogen) atoms. The summed E-state index contributed by atoms with van der Waals surface area (Å²) in [6.07, 6.45) is 0.890. The summed E-state index contributed by atoms with van der Waals surface area (Å²) in [4.78, 5) is 10.7. The molecule has 1 N–H and O–H groups in total. The fourth-order valence-electron chi connectivity index (χ4n) is 1.73. The average Bonchev–Trinajstić information content (AvgIpc) is 2.77. The van der Waals surface area contributed by atoms with Crippen LogP contribution in [0.3, 0.4) is 0 Å². The molecule has 1 aromatic carbocycles. The number of aromatic nitrogens is 2. The van der Waals surface area contributed by atoms with Crippen LogP contribution in [0.4, 0.5) is 0 Å². The van der Waals surface area contributed by atoms with Crippen LogP contribution in [-0.2, 0) is 20.1 Å². The molecule has 2 rings (SSSR count). The Morgan fingerprint density at radius 1 is 1.37 bits per heavy atom. The number of benzene rings is 1. The standard InChI is InChI=1S/C14H16N2O3/c1-3-11-8-12(16(2)15-11)9-19-13-6-4-10(5-7-13)14(17)18/h4-8H,3,9H2,1-2H3,(H,17,18). The van der Waals surface area contributed by atoms with E-state index in [4.69, 9.17) is 9.84 Å². The van der Waals surface area contributed by atoms with Gasteiger partial charge in [0.15, 0.2) is 0 Å². The number of ether oxygens (including phenoxy) is 1. The molecule has 0 radical (unpaired) electrons. The minimum Gasteiger partial charge on any atom is -0.487 e. The van der Waals surface area contributed by atoms with E-state index < -0.39 is 5.97 Å². The van der Waals surface area contributed by atoms with E-state index in [1.54, 1.807) is 16.8 Å². The van der Waals surface area contributed by atoms with Gasteiger partial charge in [-0.15, -0.1) is 0 Å². The van der Waals surface area contributed by atoms with E-state index in [1.807, 2.05) is 13.1 Å². The maximum Gasteiger partial charge on any atom is 0.335 e. The molecule has 0 amide bonds. The molecule has 0 atom stereocenters. The Morgan fingerprint density at radius 2 is 2.05 bits per heavy atom. The minimum absolute atomic E-state index is 0.251. The third-order valence-electron chi connectivity index (χ3n) is 2.88. The highest BCUT2D eigenvalue weighted by Gasteiger charge is 2.06. The Hall–Kier alpha value is -2.30. The van der Waals surface area contributed by atoms with Crippen LogP contribution in [0.25, 0.3) is 0 Å². The SMILES string of the molecule is CCc1cc(COc2ccc(C(=O)O)cc2)n(C)n1. The van der Waals surface area contributed by atoms with E-state index in [9.17, 15) is 4.79 Å². The molecule has 1 aromatic heterocycles. The summed E-state index contributed by atoms with van der Waals surface area (Å²) in [5, 5.41) is 13.1. The first-order valence-electron chi connectivity index (χ1n) is 6.08. The summed E-state index contributed by atoms with van der Waals surface area (Å²) < 4.78 is 7.41. The molecule has 0 saturated heterocycles. The lowest BCUT2D eigenvalue weighted by molar-refractivity contribution is 0.0697. The molecule has 100 valence electrons. The van der Waals surface area contributed by atoms with Gasteiger partial charge in [-0.1, -0.05) is 6.92 Å². The molecular formula is C14H16N2O3. The average molecular weight is 260 g/mol. The van der Waals surface area contributed by atoms with Crippen LogP contribution in [0.5, 0.6) is 5.75 Å². The Kier molecular flexibility index (Phi) is 3.85. The summed E-state index contributed by atoms with van der Waals surface area (Å²) in [7, 11) is 1.88. The summed E-state index contributed by atoms with van der Waals surface area (Å²) in [6, 6.07) is 8.36. The lowest BCUT2D eigenvalue weighted by Crippen LogP contribution is -2.03. The minimum atomic E-state index is -0.939. The number of carbonyl (C=O) groups is 1. The van der Waals surface area contributed by atoms with E-state index in [2.05, 4.69) is 12.0 Å². The van der Waals surface area contributed by atoms with Gasteiger partial charge in [-0.05, 0) is 36.8 Å². The number of carboxylic acid groups (broad SMARTS) is 1. The predicted molar refractivity (Wildman–Crippen MR) is 70.3 cm³/mol. The van der Waals surface area contributed by atoms with Crippen molar-refractivity contribution in [1.29, 1.82) is 0 Å². The van der Waals surface area contributed by atoms with Gasteiger partial charge in [-0.2, -0.15) is 5.10 Å². The van der Waals surface area contributed by atoms with Crippen molar-refractivity contribution in [2.75, 3.05) is 0 Å². The molecule has 0 spiro atoms. The van der Waals surface area contributed by atoms with E-state index >= 15 is 0 Å². The second-order valence-electron chi connectivity index (χ2n) is 4.22. The Bertz CT molecular complexity index is 573. The van der Waals surface area contributed by atoms with Crippen LogP contribution in [0, 0.1) is 0 Å². The van der Waals surface area contributed by atoms with Crippen molar-refractivity contribution in [2.45, 2.75) is 20.0 Å². The van der Waals surface area contributed by atoms with Crippen LogP contribution >= 0.6 is 0 Å². The number of carboxylic acids is 1. The molecule has 5 nitrogen and oxygen atoms in total. The molecule has 0 aliphatic heterocycles. The van der Waals surface area contributed by atoms with Gasteiger partial charge in [0.2, 0.25) is 0 Å². The van der Waals surface area contributed by atoms with Crippen molar-refractivity contribution in [2.24, 2.45) is 7.05 Å². The van der Waals surface area contributed by atoms with Crippen LogP contribution in [0.2, 0.25) is 0 Å². The molecule has 0 aliphatic rings. The first-order chi connectivity index (χ1) is 9.10. The number of rotatable bonds is 5. The molecule has 0 unspecified atom stereocenters. The smallest absolute Gasteiger partial charge is 0.335 e. The quantitative estimate of drug-likeness (QED) is 0.895. The van der Waals surface area contributed by atoms with Crippen molar-refractivity contribution in [3.8, 4) is 5.75 Å². The zero-order chi connectivity index (χ0) is 13.8. The molecule has 5 heteroatoms. The molecule has 0 bridgehead atoms. The van der Waals surface area contributed by atoms with Crippen molar-refractivity contribution >= 4 is 5.97 Å². The van der Waals surface area contributed by atoms with E-state index in [-0.39, 0.29) is 5.56 Å². The van der Waals surface area contributed by atoms with Gasteiger partial charge in [-0.25, -0.2) is 4.79 Å². The van der Waals surface area contributed by atoms with Crippen LogP contribution in [-0.4, -0.2) is 20.9 Å². The van der Waals surface area contributed by atoms with Gasteiger partial charge < -0.3 is 9.84 Å². The zero-order valence-corrected chi connectivity index (χ0v) is 11.0. The zero-order valence-electron chi connectivity index (χ0n) is 11.0. The van der Waals surface area contributed by atoms with Crippen molar-refractivity contribution < 1.29 is 14.6 Å². The van der Waals surface area contributed by atoms with E-state index in [1.165, 1.54) is 12.1 Å². The van der Waals surface area contributed by atoms with Crippen LogP contribution < -0.4 is 4.74 Å². The summed E-state index contributed by atoms with van der Waals surface area (Å²) >= 11 is 0. The largest absolute Gasteiger partial charge is 0.487 e. The normalized spacial score (nSPS) is 10.4. The number of hydrogen-bond acceptors (Lipinski definition) is 3. The monoisotopic (exact) mass is 260 g/mol. The third-order valence-corrected chi connectivity index (χ3v) is 2.88. The molecule has 1 heterocycles. The molecule has 0 aliphatic carbocycles. The second kappa shape index (κ2) is 5.56. The first-order valence-corrected chi connectivity index (χ1v) is 6.08. The van der Waals surface area contributed by atoms with Gasteiger partial charge >= 0.3 is 5.97 Å². The lowest BCUT2D eigenvalue weighted by Gasteiger charge is -2.06. The number of aryl methyl sites for hydroxylation is 2. The van der Waals surface area contributed by atoms with Gasteiger partial charge in [0.05, 0.1) is 17.0 Å². The molecule has 2 aromatic rings. The fourth-order valence-corrected chi connectivity index (χ4v) is 1.73.